The highest BCUT2D eigenvalue weighted by molar-refractivity contribution is 9.10. The first-order chi connectivity index (χ1) is 9.56. The molecule has 0 spiro atoms. The third-order valence-electron chi connectivity index (χ3n) is 4.74. The first-order valence-electron chi connectivity index (χ1n) is 7.03. The van der Waals surface area contributed by atoms with Crippen LogP contribution in [0.2, 0.25) is 0 Å². The fraction of sp³-hybridized carbons (Fsp3) is 0.533. The lowest BCUT2D eigenvalue weighted by Gasteiger charge is -2.27. The lowest BCUT2D eigenvalue weighted by molar-refractivity contribution is -0.127. The van der Waals surface area contributed by atoms with E-state index >= 15 is 0 Å². The Morgan fingerprint density at radius 1 is 1.38 bits per heavy atom. The fourth-order valence-electron chi connectivity index (χ4n) is 3.70. The van der Waals surface area contributed by atoms with Crippen molar-refractivity contribution in [2.75, 3.05) is 0 Å². The summed E-state index contributed by atoms with van der Waals surface area (Å²) in [6, 6.07) is 4.47. The van der Waals surface area contributed by atoms with Gasteiger partial charge in [-0.15, -0.1) is 12.4 Å². The average molecular weight is 378 g/mol. The van der Waals surface area contributed by atoms with Gasteiger partial charge < -0.3 is 11.1 Å². The van der Waals surface area contributed by atoms with Crippen molar-refractivity contribution in [2.45, 2.75) is 31.8 Å². The monoisotopic (exact) mass is 376 g/mol. The second-order valence-electron chi connectivity index (χ2n) is 5.89. The van der Waals surface area contributed by atoms with Crippen LogP contribution in [0.1, 0.15) is 24.8 Å². The number of benzene rings is 1. The first kappa shape index (κ1) is 16.7. The molecule has 116 valence electrons. The van der Waals surface area contributed by atoms with Gasteiger partial charge in [0.05, 0.1) is 5.92 Å². The Morgan fingerprint density at radius 3 is 2.76 bits per heavy atom. The molecule has 3 nitrogen and oxygen atoms in total. The number of rotatable bonds is 3. The molecule has 2 aliphatic carbocycles. The summed E-state index contributed by atoms with van der Waals surface area (Å²) in [5.41, 5.74) is 6.90. The molecule has 0 heterocycles. The number of carbonyl (C=O) groups excluding carboxylic acids is 1. The number of amides is 1. The van der Waals surface area contributed by atoms with Gasteiger partial charge in [-0.05, 0) is 54.9 Å². The minimum Gasteiger partial charge on any atom is -0.352 e. The molecule has 1 amide bonds. The van der Waals surface area contributed by atoms with Crippen LogP contribution in [0.4, 0.5) is 4.39 Å². The van der Waals surface area contributed by atoms with E-state index in [4.69, 9.17) is 5.73 Å². The summed E-state index contributed by atoms with van der Waals surface area (Å²) in [5.74, 6) is 0.596. The van der Waals surface area contributed by atoms with E-state index in [-0.39, 0.29) is 36.1 Å². The van der Waals surface area contributed by atoms with Crippen molar-refractivity contribution in [1.82, 2.24) is 5.32 Å². The maximum Gasteiger partial charge on any atom is 0.225 e. The van der Waals surface area contributed by atoms with Gasteiger partial charge in [-0.3, -0.25) is 4.79 Å². The number of carbonyl (C=O) groups is 1. The van der Waals surface area contributed by atoms with E-state index in [0.717, 1.165) is 29.3 Å². The number of halogens is 3. The second-order valence-corrected chi connectivity index (χ2v) is 6.74. The molecule has 0 saturated heterocycles. The Kier molecular flexibility index (Phi) is 5.28. The van der Waals surface area contributed by atoms with Crippen LogP contribution in [-0.2, 0) is 11.3 Å². The van der Waals surface area contributed by atoms with E-state index in [1.54, 1.807) is 6.07 Å². The average Bonchev–Trinajstić information content (AvgIpc) is 3.00. The molecule has 1 aromatic rings. The van der Waals surface area contributed by atoms with E-state index in [2.05, 4.69) is 21.2 Å². The van der Waals surface area contributed by atoms with Crippen molar-refractivity contribution in [2.24, 2.45) is 23.5 Å². The quantitative estimate of drug-likeness (QED) is 0.851. The molecule has 2 aliphatic rings. The molecule has 2 fully saturated rings. The highest BCUT2D eigenvalue weighted by atomic mass is 79.9. The summed E-state index contributed by atoms with van der Waals surface area (Å²) in [6.45, 7) is 0.331. The van der Waals surface area contributed by atoms with Crippen LogP contribution in [0.15, 0.2) is 22.7 Å². The van der Waals surface area contributed by atoms with Gasteiger partial charge >= 0.3 is 0 Å². The SMILES string of the molecule is Cl.NC1C2CCC(C2)C1C(=O)NCc1cc(F)ccc1Br. The predicted octanol–water partition coefficient (Wildman–Crippen LogP) is 3.00. The van der Waals surface area contributed by atoms with Gasteiger partial charge in [0, 0.05) is 17.1 Å². The lowest BCUT2D eigenvalue weighted by atomic mass is 9.84. The summed E-state index contributed by atoms with van der Waals surface area (Å²) in [7, 11) is 0. The number of nitrogens with two attached hydrogens (primary N) is 1. The topological polar surface area (TPSA) is 55.1 Å². The molecule has 6 heteroatoms. The summed E-state index contributed by atoms with van der Waals surface area (Å²) >= 11 is 3.37. The van der Waals surface area contributed by atoms with Crippen molar-refractivity contribution in [3.63, 3.8) is 0 Å². The zero-order valence-electron chi connectivity index (χ0n) is 11.5. The Hall–Kier alpha value is -0.650. The van der Waals surface area contributed by atoms with Gasteiger partial charge in [-0.25, -0.2) is 4.39 Å². The predicted molar refractivity (Wildman–Crippen MR) is 85.5 cm³/mol. The van der Waals surface area contributed by atoms with Crippen molar-refractivity contribution in [1.29, 1.82) is 0 Å². The van der Waals surface area contributed by atoms with Crippen molar-refractivity contribution in [3.8, 4) is 0 Å². The Morgan fingerprint density at radius 2 is 2.10 bits per heavy atom. The van der Waals surface area contributed by atoms with Crippen LogP contribution in [0.25, 0.3) is 0 Å². The first-order valence-corrected chi connectivity index (χ1v) is 7.83. The van der Waals surface area contributed by atoms with Gasteiger partial charge in [0.15, 0.2) is 0 Å². The van der Waals surface area contributed by atoms with Gasteiger partial charge in [-0.1, -0.05) is 15.9 Å². The molecule has 21 heavy (non-hydrogen) atoms. The van der Waals surface area contributed by atoms with Crippen molar-refractivity contribution < 1.29 is 9.18 Å². The molecule has 0 aromatic heterocycles. The molecule has 0 aliphatic heterocycles. The van der Waals surface area contributed by atoms with E-state index < -0.39 is 0 Å². The van der Waals surface area contributed by atoms with E-state index in [9.17, 15) is 9.18 Å². The Bertz CT molecular complexity index is 540. The Balaban J connectivity index is 0.00000161. The van der Waals surface area contributed by atoms with Crippen LogP contribution >= 0.6 is 28.3 Å². The minimum absolute atomic E-state index is 0. The summed E-state index contributed by atoms with van der Waals surface area (Å²) < 4.78 is 14.0. The molecule has 4 atom stereocenters. The molecule has 3 rings (SSSR count). The summed E-state index contributed by atoms with van der Waals surface area (Å²) in [6.07, 6.45) is 3.36. The van der Waals surface area contributed by atoms with Crippen LogP contribution in [0.5, 0.6) is 0 Å². The fourth-order valence-corrected chi connectivity index (χ4v) is 4.09. The standard InChI is InChI=1S/C15H18BrFN2O.ClH/c16-12-4-3-11(17)6-10(12)7-19-15(20)13-8-1-2-9(5-8)14(13)18;/h3-4,6,8-9,13-14H,1-2,5,7,18H2,(H,19,20);1H. The third-order valence-corrected chi connectivity index (χ3v) is 5.52. The maximum atomic E-state index is 13.2. The highest BCUT2D eigenvalue weighted by Crippen LogP contribution is 2.47. The Labute approximate surface area is 138 Å². The van der Waals surface area contributed by atoms with E-state index in [1.807, 2.05) is 0 Å². The second kappa shape index (κ2) is 6.63. The lowest BCUT2D eigenvalue weighted by Crippen LogP contribution is -2.45. The maximum absolute atomic E-state index is 13.2. The third kappa shape index (κ3) is 3.25. The van der Waals surface area contributed by atoms with Gasteiger partial charge in [-0.2, -0.15) is 0 Å². The number of hydrogen-bond acceptors (Lipinski definition) is 2. The number of fused-ring (bicyclic) bond motifs is 2. The smallest absolute Gasteiger partial charge is 0.225 e. The molecular weight excluding hydrogens is 359 g/mol. The minimum atomic E-state index is -0.297. The van der Waals surface area contributed by atoms with Crippen LogP contribution in [-0.4, -0.2) is 11.9 Å². The van der Waals surface area contributed by atoms with Crippen LogP contribution < -0.4 is 11.1 Å². The van der Waals surface area contributed by atoms with Crippen LogP contribution in [0.3, 0.4) is 0 Å². The molecule has 3 N–H and O–H groups in total. The number of hydrogen-bond donors (Lipinski definition) is 2. The summed E-state index contributed by atoms with van der Waals surface area (Å²) in [5, 5.41) is 2.91. The highest BCUT2D eigenvalue weighted by Gasteiger charge is 2.48. The van der Waals surface area contributed by atoms with Gasteiger partial charge in [0.1, 0.15) is 5.82 Å². The molecule has 2 saturated carbocycles. The molecule has 2 bridgehead atoms. The molecule has 4 unspecified atom stereocenters. The largest absolute Gasteiger partial charge is 0.352 e. The van der Waals surface area contributed by atoms with Gasteiger partial charge in [0.25, 0.3) is 0 Å². The number of nitrogens with one attached hydrogen (secondary N) is 1. The van der Waals surface area contributed by atoms with Crippen molar-refractivity contribution in [3.05, 3.63) is 34.1 Å². The van der Waals surface area contributed by atoms with E-state index in [1.165, 1.54) is 12.1 Å². The van der Waals surface area contributed by atoms with Gasteiger partial charge in [0.2, 0.25) is 5.91 Å². The molecule has 1 aromatic carbocycles. The van der Waals surface area contributed by atoms with E-state index in [0.29, 0.717) is 18.4 Å². The summed E-state index contributed by atoms with van der Waals surface area (Å²) in [4.78, 5) is 12.3. The van der Waals surface area contributed by atoms with Crippen LogP contribution in [0, 0.1) is 23.6 Å². The zero-order chi connectivity index (χ0) is 14.3. The zero-order valence-corrected chi connectivity index (χ0v) is 13.9. The molecule has 0 radical (unpaired) electrons. The molecular formula is C15H19BrClFN2O. The van der Waals surface area contributed by atoms with Crippen molar-refractivity contribution >= 4 is 34.2 Å². The normalized spacial score (nSPS) is 30.0.